The van der Waals surface area contributed by atoms with Crippen LogP contribution in [0.25, 0.3) is 0 Å². The average molecular weight is 348 g/mol. The molecule has 0 aromatic heterocycles. The number of hydrogen-bond donors (Lipinski definition) is 1. The Balaban J connectivity index is 1.83. The quantitative estimate of drug-likeness (QED) is 0.887. The minimum atomic E-state index is -0.0690. The topological polar surface area (TPSA) is 38.3 Å². The van der Waals surface area contributed by atoms with Crippen LogP contribution in [0.1, 0.15) is 33.9 Å². The molecule has 3 nitrogen and oxygen atoms in total. The molecule has 0 spiro atoms. The number of benzene rings is 2. The first-order chi connectivity index (χ1) is 11.2. The van der Waals surface area contributed by atoms with Gasteiger partial charge >= 0.3 is 0 Å². The molecule has 0 saturated heterocycles. The largest absolute Gasteiger partial charge is 0.380 e. The smallest absolute Gasteiger partial charge is 0.252 e. The predicted molar refractivity (Wildman–Crippen MR) is 94.2 cm³/mol. The Morgan fingerprint density at radius 1 is 1.35 bits per heavy atom. The standard InChI is InChI=1S/C18H18ClNO2S/c1-22-11-12-4-2-3-5-14(12)18(21)20-16-8-9-23-17-7-6-13(19)10-15(16)17/h2-7,10,16H,8-9,11H2,1H3,(H,20,21)/t16-/m0/s1. The van der Waals surface area contributed by atoms with E-state index in [2.05, 4.69) is 5.32 Å². The molecular formula is C18H18ClNO2S. The number of carbonyl (C=O) groups is 1. The van der Waals surface area contributed by atoms with E-state index in [1.54, 1.807) is 18.9 Å². The first-order valence-electron chi connectivity index (χ1n) is 7.49. The molecule has 1 atom stereocenters. The minimum absolute atomic E-state index is 0.00643. The van der Waals surface area contributed by atoms with Gasteiger partial charge in [-0.3, -0.25) is 4.79 Å². The number of rotatable bonds is 4. The van der Waals surface area contributed by atoms with Crippen molar-refractivity contribution in [2.45, 2.75) is 24.0 Å². The number of halogens is 1. The molecular weight excluding hydrogens is 330 g/mol. The summed E-state index contributed by atoms with van der Waals surface area (Å²) in [6.45, 7) is 0.423. The van der Waals surface area contributed by atoms with E-state index in [1.807, 2.05) is 42.5 Å². The van der Waals surface area contributed by atoms with E-state index in [-0.39, 0.29) is 11.9 Å². The Bertz CT molecular complexity index is 720. The van der Waals surface area contributed by atoms with E-state index in [9.17, 15) is 4.79 Å². The van der Waals surface area contributed by atoms with Crippen molar-refractivity contribution in [3.63, 3.8) is 0 Å². The van der Waals surface area contributed by atoms with E-state index in [4.69, 9.17) is 16.3 Å². The SMILES string of the molecule is COCc1ccccc1C(=O)N[C@H]1CCSc2ccc(Cl)cc21. The van der Waals surface area contributed by atoms with E-state index >= 15 is 0 Å². The lowest BCUT2D eigenvalue weighted by Gasteiger charge is -2.26. The van der Waals surface area contributed by atoms with Crippen LogP contribution in [0.3, 0.4) is 0 Å². The Morgan fingerprint density at radius 2 is 2.17 bits per heavy atom. The molecule has 120 valence electrons. The van der Waals surface area contributed by atoms with Gasteiger partial charge in [-0.2, -0.15) is 0 Å². The van der Waals surface area contributed by atoms with Crippen LogP contribution in [-0.2, 0) is 11.3 Å². The lowest BCUT2D eigenvalue weighted by Crippen LogP contribution is -2.31. The van der Waals surface area contributed by atoms with Crippen molar-refractivity contribution in [2.24, 2.45) is 0 Å². The van der Waals surface area contributed by atoms with Crippen LogP contribution < -0.4 is 5.32 Å². The second-order valence-electron chi connectivity index (χ2n) is 5.44. The fourth-order valence-corrected chi connectivity index (χ4v) is 4.06. The number of fused-ring (bicyclic) bond motifs is 1. The van der Waals surface area contributed by atoms with Crippen molar-refractivity contribution in [2.75, 3.05) is 12.9 Å². The van der Waals surface area contributed by atoms with Crippen LogP contribution in [0, 0.1) is 0 Å². The van der Waals surface area contributed by atoms with Gasteiger partial charge < -0.3 is 10.1 Å². The van der Waals surface area contributed by atoms with Gasteiger partial charge in [-0.1, -0.05) is 29.8 Å². The lowest BCUT2D eigenvalue weighted by atomic mass is 10.0. The van der Waals surface area contributed by atoms with Crippen molar-refractivity contribution >= 4 is 29.3 Å². The Labute approximate surface area is 145 Å². The fourth-order valence-electron chi connectivity index (χ4n) is 2.77. The van der Waals surface area contributed by atoms with Crippen LogP contribution >= 0.6 is 23.4 Å². The molecule has 3 rings (SSSR count). The summed E-state index contributed by atoms with van der Waals surface area (Å²) in [5, 5.41) is 3.85. The fraction of sp³-hybridized carbons (Fsp3) is 0.278. The van der Waals surface area contributed by atoms with E-state index in [0.717, 1.165) is 23.3 Å². The van der Waals surface area contributed by atoms with Crippen molar-refractivity contribution in [1.29, 1.82) is 0 Å². The first kappa shape index (κ1) is 16.4. The van der Waals surface area contributed by atoms with Crippen LogP contribution in [0.4, 0.5) is 0 Å². The zero-order chi connectivity index (χ0) is 16.2. The summed E-state index contributed by atoms with van der Waals surface area (Å²) in [4.78, 5) is 13.9. The maximum Gasteiger partial charge on any atom is 0.252 e. The second kappa shape index (κ2) is 7.39. The Hall–Kier alpha value is -1.49. The second-order valence-corrected chi connectivity index (χ2v) is 7.01. The number of methoxy groups -OCH3 is 1. The highest BCUT2D eigenvalue weighted by Crippen LogP contribution is 2.37. The normalized spacial score (nSPS) is 16.7. The van der Waals surface area contributed by atoms with Crippen LogP contribution in [0.15, 0.2) is 47.4 Å². The molecule has 23 heavy (non-hydrogen) atoms. The van der Waals surface area contributed by atoms with Crippen molar-refractivity contribution in [1.82, 2.24) is 5.32 Å². The predicted octanol–water partition coefficient (Wildman–Crippen LogP) is 4.45. The number of ether oxygens (including phenoxy) is 1. The summed E-state index contributed by atoms with van der Waals surface area (Å²) in [7, 11) is 1.63. The zero-order valence-corrected chi connectivity index (χ0v) is 14.4. The van der Waals surface area contributed by atoms with Crippen molar-refractivity contribution in [3.8, 4) is 0 Å². The number of hydrogen-bond acceptors (Lipinski definition) is 3. The lowest BCUT2D eigenvalue weighted by molar-refractivity contribution is 0.0930. The molecule has 5 heteroatoms. The summed E-state index contributed by atoms with van der Waals surface area (Å²) in [6.07, 6.45) is 0.899. The highest BCUT2D eigenvalue weighted by atomic mass is 35.5. The van der Waals surface area contributed by atoms with Gasteiger partial charge in [0.1, 0.15) is 0 Å². The van der Waals surface area contributed by atoms with Crippen molar-refractivity contribution < 1.29 is 9.53 Å². The summed E-state index contributed by atoms with van der Waals surface area (Å²) in [5.74, 6) is 0.916. The van der Waals surface area contributed by atoms with Crippen LogP contribution in [-0.4, -0.2) is 18.8 Å². The maximum atomic E-state index is 12.7. The monoisotopic (exact) mass is 347 g/mol. The van der Waals surface area contributed by atoms with E-state index < -0.39 is 0 Å². The summed E-state index contributed by atoms with van der Waals surface area (Å²) in [6, 6.07) is 13.4. The summed E-state index contributed by atoms with van der Waals surface area (Å²) >= 11 is 7.93. The molecule has 1 aliphatic heterocycles. The molecule has 2 aromatic rings. The molecule has 1 aliphatic rings. The van der Waals surface area contributed by atoms with Gasteiger partial charge in [0.05, 0.1) is 12.6 Å². The first-order valence-corrected chi connectivity index (χ1v) is 8.85. The number of nitrogens with one attached hydrogen (secondary N) is 1. The minimum Gasteiger partial charge on any atom is -0.380 e. The average Bonchev–Trinajstić information content (AvgIpc) is 2.56. The van der Waals surface area contributed by atoms with E-state index in [1.165, 1.54) is 4.90 Å². The highest BCUT2D eigenvalue weighted by Gasteiger charge is 2.23. The highest BCUT2D eigenvalue weighted by molar-refractivity contribution is 7.99. The Kier molecular flexibility index (Phi) is 5.26. The van der Waals surface area contributed by atoms with Gasteiger partial charge in [0.25, 0.3) is 5.91 Å². The van der Waals surface area contributed by atoms with Gasteiger partial charge in [0.15, 0.2) is 0 Å². The molecule has 1 N–H and O–H groups in total. The van der Waals surface area contributed by atoms with E-state index in [0.29, 0.717) is 17.2 Å². The van der Waals surface area contributed by atoms with Gasteiger partial charge in [-0.25, -0.2) is 0 Å². The molecule has 0 radical (unpaired) electrons. The summed E-state index contributed by atoms with van der Waals surface area (Å²) < 4.78 is 5.18. The molecule has 2 aromatic carbocycles. The molecule has 1 heterocycles. The van der Waals surface area contributed by atoms with Crippen LogP contribution in [0.5, 0.6) is 0 Å². The molecule has 0 fully saturated rings. The number of thioether (sulfide) groups is 1. The number of amides is 1. The van der Waals surface area contributed by atoms with Crippen molar-refractivity contribution in [3.05, 3.63) is 64.2 Å². The Morgan fingerprint density at radius 3 is 3.00 bits per heavy atom. The maximum absolute atomic E-state index is 12.7. The van der Waals surface area contributed by atoms with Gasteiger partial charge in [-0.05, 0) is 41.8 Å². The molecule has 0 aliphatic carbocycles. The number of carbonyl (C=O) groups excluding carboxylic acids is 1. The molecule has 0 unspecified atom stereocenters. The molecule has 0 bridgehead atoms. The van der Waals surface area contributed by atoms with Gasteiger partial charge in [0, 0.05) is 28.3 Å². The third-order valence-electron chi connectivity index (χ3n) is 3.88. The van der Waals surface area contributed by atoms with Gasteiger partial charge in [0.2, 0.25) is 0 Å². The summed E-state index contributed by atoms with van der Waals surface area (Å²) in [5.41, 5.74) is 2.66. The zero-order valence-electron chi connectivity index (χ0n) is 12.8. The van der Waals surface area contributed by atoms with Crippen LogP contribution in [0.2, 0.25) is 5.02 Å². The third-order valence-corrected chi connectivity index (χ3v) is 5.24. The van der Waals surface area contributed by atoms with Gasteiger partial charge in [-0.15, -0.1) is 11.8 Å². The molecule has 1 amide bonds. The molecule has 0 saturated carbocycles. The third kappa shape index (κ3) is 3.71.